The summed E-state index contributed by atoms with van der Waals surface area (Å²) in [6.45, 7) is 1.80. The first-order valence-corrected chi connectivity index (χ1v) is 10.6. The Morgan fingerprint density at radius 3 is 2.85 bits per heavy atom. The number of nitrogens with zero attached hydrogens (tertiary/aromatic N) is 3. The number of rotatable bonds is 7. The Hall–Kier alpha value is -2.19. The van der Waals surface area contributed by atoms with E-state index in [1.807, 2.05) is 6.07 Å². The summed E-state index contributed by atoms with van der Waals surface area (Å²) in [7, 11) is 0. The number of carbonyl (C=O) groups is 1. The molecule has 4 rings (SSSR count). The lowest BCUT2D eigenvalue weighted by Gasteiger charge is -2.13. The summed E-state index contributed by atoms with van der Waals surface area (Å²) in [5.41, 5.74) is 0.192. The molecule has 1 N–H and O–H groups in total. The first kappa shape index (κ1) is 18.2. The predicted octanol–water partition coefficient (Wildman–Crippen LogP) is 4.52. The second-order valence-corrected chi connectivity index (χ2v) is 8.83. The van der Waals surface area contributed by atoms with Gasteiger partial charge in [-0.1, -0.05) is 30.0 Å². The van der Waals surface area contributed by atoms with Crippen molar-refractivity contribution in [1.29, 1.82) is 0 Å². The molecule has 140 valence electrons. The lowest BCUT2D eigenvalue weighted by molar-refractivity contribution is -0.115. The Labute approximate surface area is 165 Å². The zero-order chi connectivity index (χ0) is 18.8. The Kier molecular flexibility index (Phi) is 5.27. The Balaban J connectivity index is 1.48. The van der Waals surface area contributed by atoms with Crippen molar-refractivity contribution in [3.05, 3.63) is 58.3 Å². The number of benzene rings is 1. The Bertz CT molecular complexity index is 937. The van der Waals surface area contributed by atoms with Gasteiger partial charge in [-0.3, -0.25) is 4.79 Å². The van der Waals surface area contributed by atoms with Crippen LogP contribution in [0.2, 0.25) is 0 Å². The van der Waals surface area contributed by atoms with Crippen LogP contribution in [0.1, 0.15) is 36.5 Å². The SMILES string of the molecule is CC(Sc1nnc(Cc2cccs2)n1C1CC1)C(=O)Nc1ccccc1F. The number of amides is 1. The number of carbonyl (C=O) groups excluding carboxylic acids is 1. The van der Waals surface area contributed by atoms with Gasteiger partial charge in [0, 0.05) is 17.3 Å². The van der Waals surface area contributed by atoms with Crippen molar-refractivity contribution >= 4 is 34.7 Å². The van der Waals surface area contributed by atoms with Gasteiger partial charge in [-0.25, -0.2) is 4.39 Å². The maximum Gasteiger partial charge on any atom is 0.237 e. The van der Waals surface area contributed by atoms with Crippen molar-refractivity contribution in [3.63, 3.8) is 0 Å². The molecule has 8 heteroatoms. The van der Waals surface area contributed by atoms with Gasteiger partial charge in [-0.05, 0) is 43.3 Å². The molecule has 2 heterocycles. The van der Waals surface area contributed by atoms with Crippen LogP contribution in [-0.4, -0.2) is 25.9 Å². The highest BCUT2D eigenvalue weighted by Crippen LogP contribution is 2.40. The van der Waals surface area contributed by atoms with Crippen molar-refractivity contribution in [2.75, 3.05) is 5.32 Å². The van der Waals surface area contributed by atoms with E-state index < -0.39 is 11.1 Å². The van der Waals surface area contributed by atoms with Crippen LogP contribution in [0.4, 0.5) is 10.1 Å². The van der Waals surface area contributed by atoms with E-state index in [9.17, 15) is 9.18 Å². The maximum atomic E-state index is 13.8. The number of para-hydroxylation sites is 1. The standard InChI is InChI=1S/C19H19FN4OS2/c1-12(18(25)21-16-7-3-2-6-15(16)20)27-19-23-22-17(24(19)13-8-9-13)11-14-5-4-10-26-14/h2-7,10,12-13H,8-9,11H2,1H3,(H,21,25). The molecule has 1 aromatic carbocycles. The molecule has 0 saturated heterocycles. The molecular formula is C19H19FN4OS2. The van der Waals surface area contributed by atoms with Crippen molar-refractivity contribution in [2.24, 2.45) is 0 Å². The first-order chi connectivity index (χ1) is 13.1. The lowest BCUT2D eigenvalue weighted by atomic mass is 10.3. The van der Waals surface area contributed by atoms with Crippen LogP contribution in [0.15, 0.2) is 46.9 Å². The Morgan fingerprint density at radius 2 is 2.15 bits per heavy atom. The van der Waals surface area contributed by atoms with Gasteiger partial charge in [0.05, 0.1) is 10.9 Å². The van der Waals surface area contributed by atoms with E-state index in [0.717, 1.165) is 30.2 Å². The molecule has 1 fully saturated rings. The smallest absolute Gasteiger partial charge is 0.237 e. The van der Waals surface area contributed by atoms with Gasteiger partial charge < -0.3 is 9.88 Å². The van der Waals surface area contributed by atoms with E-state index in [-0.39, 0.29) is 11.6 Å². The summed E-state index contributed by atoms with van der Waals surface area (Å²) in [6, 6.07) is 10.7. The molecule has 1 atom stereocenters. The molecule has 27 heavy (non-hydrogen) atoms. The van der Waals surface area contributed by atoms with Crippen LogP contribution in [0.25, 0.3) is 0 Å². The van der Waals surface area contributed by atoms with Crippen molar-refractivity contribution in [1.82, 2.24) is 14.8 Å². The van der Waals surface area contributed by atoms with Crippen LogP contribution < -0.4 is 5.32 Å². The summed E-state index contributed by atoms with van der Waals surface area (Å²) in [5, 5.41) is 13.7. The van der Waals surface area contributed by atoms with Gasteiger partial charge in [0.25, 0.3) is 0 Å². The zero-order valence-electron chi connectivity index (χ0n) is 14.8. The second-order valence-electron chi connectivity index (χ2n) is 6.49. The molecule has 0 aliphatic heterocycles. The molecule has 1 amide bonds. The molecule has 5 nitrogen and oxygen atoms in total. The van der Waals surface area contributed by atoms with Gasteiger partial charge >= 0.3 is 0 Å². The van der Waals surface area contributed by atoms with Crippen LogP contribution >= 0.6 is 23.1 Å². The number of nitrogens with one attached hydrogen (secondary N) is 1. The highest BCUT2D eigenvalue weighted by Gasteiger charge is 2.31. The minimum atomic E-state index is -0.442. The summed E-state index contributed by atoms with van der Waals surface area (Å²) in [4.78, 5) is 13.7. The number of thiophene rings is 1. The molecule has 0 spiro atoms. The number of anilines is 1. The summed E-state index contributed by atoms with van der Waals surface area (Å²) < 4.78 is 15.9. The van der Waals surface area contributed by atoms with Crippen LogP contribution in [-0.2, 0) is 11.2 Å². The molecule has 1 aliphatic rings. The fourth-order valence-electron chi connectivity index (χ4n) is 2.79. The fraction of sp³-hybridized carbons (Fsp3) is 0.316. The molecule has 1 saturated carbocycles. The molecular weight excluding hydrogens is 383 g/mol. The topological polar surface area (TPSA) is 59.8 Å². The average molecular weight is 403 g/mol. The minimum Gasteiger partial charge on any atom is -0.323 e. The fourth-order valence-corrected chi connectivity index (χ4v) is 4.43. The molecule has 2 aromatic heterocycles. The average Bonchev–Trinajstić information content (AvgIpc) is 3.21. The summed E-state index contributed by atoms with van der Waals surface area (Å²) >= 11 is 3.07. The van der Waals surface area contributed by atoms with Gasteiger partial charge in [0.2, 0.25) is 5.91 Å². The van der Waals surface area contributed by atoms with Crippen LogP contribution in [0.5, 0.6) is 0 Å². The highest BCUT2D eigenvalue weighted by atomic mass is 32.2. The van der Waals surface area contributed by atoms with E-state index >= 15 is 0 Å². The van der Waals surface area contributed by atoms with Gasteiger partial charge in [-0.15, -0.1) is 21.5 Å². The number of aromatic nitrogens is 3. The zero-order valence-corrected chi connectivity index (χ0v) is 16.4. The summed E-state index contributed by atoms with van der Waals surface area (Å²) in [5.74, 6) is 0.238. The third-order valence-electron chi connectivity index (χ3n) is 4.34. The van der Waals surface area contributed by atoms with Crippen molar-refractivity contribution < 1.29 is 9.18 Å². The van der Waals surface area contributed by atoms with Gasteiger partial charge in [0.15, 0.2) is 5.16 Å². The second kappa shape index (κ2) is 7.82. The van der Waals surface area contributed by atoms with Crippen molar-refractivity contribution in [2.45, 2.75) is 42.6 Å². The third kappa shape index (κ3) is 4.22. The molecule has 3 aromatic rings. The number of thioether (sulfide) groups is 1. The van der Waals surface area contributed by atoms with Gasteiger partial charge in [-0.2, -0.15) is 0 Å². The molecule has 1 unspecified atom stereocenters. The van der Waals surface area contributed by atoms with E-state index in [4.69, 9.17) is 0 Å². The number of hydrogen-bond donors (Lipinski definition) is 1. The number of hydrogen-bond acceptors (Lipinski definition) is 5. The monoisotopic (exact) mass is 402 g/mol. The van der Waals surface area contributed by atoms with E-state index in [1.54, 1.807) is 36.5 Å². The maximum absolute atomic E-state index is 13.8. The van der Waals surface area contributed by atoms with E-state index in [2.05, 4.69) is 31.5 Å². The van der Waals surface area contributed by atoms with Crippen LogP contribution in [0.3, 0.4) is 0 Å². The first-order valence-electron chi connectivity index (χ1n) is 8.80. The highest BCUT2D eigenvalue weighted by molar-refractivity contribution is 8.00. The van der Waals surface area contributed by atoms with Crippen LogP contribution in [0, 0.1) is 5.82 Å². The third-order valence-corrected chi connectivity index (χ3v) is 6.28. The minimum absolute atomic E-state index is 0.192. The van der Waals surface area contributed by atoms with Gasteiger partial charge in [0.1, 0.15) is 11.6 Å². The number of halogens is 1. The molecule has 0 radical (unpaired) electrons. The molecule has 0 bridgehead atoms. The quantitative estimate of drug-likeness (QED) is 0.590. The molecule has 1 aliphatic carbocycles. The lowest BCUT2D eigenvalue weighted by Crippen LogP contribution is -2.23. The normalized spacial score (nSPS) is 14.9. The summed E-state index contributed by atoms with van der Waals surface area (Å²) in [6.07, 6.45) is 2.97. The predicted molar refractivity (Wildman–Crippen MR) is 106 cm³/mol. The largest absolute Gasteiger partial charge is 0.323 e. The van der Waals surface area contributed by atoms with E-state index in [0.29, 0.717) is 6.04 Å². The Morgan fingerprint density at radius 1 is 1.33 bits per heavy atom. The van der Waals surface area contributed by atoms with Crippen molar-refractivity contribution in [3.8, 4) is 0 Å². The van der Waals surface area contributed by atoms with E-state index in [1.165, 1.54) is 22.7 Å².